The van der Waals surface area contributed by atoms with Gasteiger partial charge in [0.05, 0.1) is 17.7 Å². The van der Waals surface area contributed by atoms with Crippen molar-refractivity contribution < 1.29 is 9.53 Å². The van der Waals surface area contributed by atoms with Crippen LogP contribution in [-0.2, 0) is 4.74 Å². The highest BCUT2D eigenvalue weighted by Gasteiger charge is 2.16. The molecule has 1 fully saturated rings. The van der Waals surface area contributed by atoms with E-state index in [1.54, 1.807) is 6.07 Å². The first-order chi connectivity index (χ1) is 8.22. The minimum absolute atomic E-state index is 0.372. The number of piperazine rings is 1. The molecule has 2 heterocycles. The van der Waals surface area contributed by atoms with E-state index in [2.05, 4.69) is 19.9 Å². The Balaban J connectivity index is 2.21. The third-order valence-electron chi connectivity index (χ3n) is 2.66. The standard InChI is InChI=1S/C11H14ClN3O2/c1-17-11(16)8-6-9(12)10(14-7-8)15-4-2-13-3-5-15/h6-7,13H,2-5H2,1H3. The summed E-state index contributed by atoms with van der Waals surface area (Å²) in [5, 5.41) is 3.74. The van der Waals surface area contributed by atoms with Gasteiger partial charge in [-0.3, -0.25) is 0 Å². The summed E-state index contributed by atoms with van der Waals surface area (Å²) in [6.45, 7) is 3.56. The number of nitrogens with one attached hydrogen (secondary N) is 1. The maximum atomic E-state index is 11.3. The zero-order valence-electron chi connectivity index (χ0n) is 9.57. The molecule has 1 aromatic rings. The van der Waals surface area contributed by atoms with Gasteiger partial charge < -0.3 is 15.0 Å². The van der Waals surface area contributed by atoms with E-state index in [4.69, 9.17) is 11.6 Å². The van der Waals surface area contributed by atoms with E-state index in [-0.39, 0.29) is 0 Å². The van der Waals surface area contributed by atoms with Crippen LogP contribution in [0.5, 0.6) is 0 Å². The lowest BCUT2D eigenvalue weighted by Gasteiger charge is -2.29. The number of aromatic nitrogens is 1. The van der Waals surface area contributed by atoms with Crippen molar-refractivity contribution in [1.29, 1.82) is 0 Å². The van der Waals surface area contributed by atoms with Crippen LogP contribution in [0.25, 0.3) is 0 Å². The molecule has 0 radical (unpaired) electrons. The Kier molecular flexibility index (Phi) is 3.81. The van der Waals surface area contributed by atoms with Gasteiger partial charge in [-0.25, -0.2) is 9.78 Å². The first-order valence-corrected chi connectivity index (χ1v) is 5.79. The topological polar surface area (TPSA) is 54.5 Å². The molecule has 0 saturated carbocycles. The van der Waals surface area contributed by atoms with E-state index in [0.29, 0.717) is 10.6 Å². The van der Waals surface area contributed by atoms with Crippen LogP contribution >= 0.6 is 11.6 Å². The van der Waals surface area contributed by atoms with Crippen LogP contribution in [0.1, 0.15) is 10.4 Å². The molecule has 17 heavy (non-hydrogen) atoms. The van der Waals surface area contributed by atoms with Crippen molar-refractivity contribution in [2.24, 2.45) is 0 Å². The SMILES string of the molecule is COC(=O)c1cnc(N2CCNCC2)c(Cl)c1. The summed E-state index contributed by atoms with van der Waals surface area (Å²) in [5.41, 5.74) is 0.372. The van der Waals surface area contributed by atoms with Gasteiger partial charge in [0.15, 0.2) is 0 Å². The van der Waals surface area contributed by atoms with Crippen LogP contribution in [0.15, 0.2) is 12.3 Å². The van der Waals surface area contributed by atoms with Gasteiger partial charge in [0.1, 0.15) is 5.82 Å². The summed E-state index contributed by atoms with van der Waals surface area (Å²) in [6, 6.07) is 1.59. The molecule has 5 nitrogen and oxygen atoms in total. The summed E-state index contributed by atoms with van der Waals surface area (Å²) in [6.07, 6.45) is 1.50. The van der Waals surface area contributed by atoms with Crippen LogP contribution in [0.3, 0.4) is 0 Å². The quantitative estimate of drug-likeness (QED) is 0.797. The highest BCUT2D eigenvalue weighted by Crippen LogP contribution is 2.24. The van der Waals surface area contributed by atoms with E-state index in [1.807, 2.05) is 0 Å². The molecule has 0 spiro atoms. The Labute approximate surface area is 105 Å². The number of pyridine rings is 1. The summed E-state index contributed by atoms with van der Waals surface area (Å²) >= 11 is 6.13. The third kappa shape index (κ3) is 2.68. The molecule has 0 aromatic carbocycles. The van der Waals surface area contributed by atoms with Gasteiger partial charge >= 0.3 is 5.97 Å². The van der Waals surface area contributed by atoms with Crippen molar-refractivity contribution in [2.75, 3.05) is 38.2 Å². The molecule has 1 aliphatic heterocycles. The number of carbonyl (C=O) groups excluding carboxylic acids is 1. The number of halogens is 1. The van der Waals surface area contributed by atoms with Crippen molar-refractivity contribution in [3.63, 3.8) is 0 Å². The van der Waals surface area contributed by atoms with Gasteiger partial charge in [0.25, 0.3) is 0 Å². The zero-order chi connectivity index (χ0) is 12.3. The number of nitrogens with zero attached hydrogens (tertiary/aromatic N) is 2. The predicted octanol–water partition coefficient (Wildman–Crippen LogP) is 0.931. The van der Waals surface area contributed by atoms with Gasteiger partial charge in [-0.05, 0) is 6.07 Å². The lowest BCUT2D eigenvalue weighted by molar-refractivity contribution is 0.0600. The van der Waals surface area contributed by atoms with Crippen molar-refractivity contribution in [3.8, 4) is 0 Å². The average Bonchev–Trinajstić information content (AvgIpc) is 2.38. The Morgan fingerprint density at radius 3 is 2.82 bits per heavy atom. The number of anilines is 1. The number of ether oxygens (including phenoxy) is 1. The number of esters is 1. The number of hydrogen-bond donors (Lipinski definition) is 1. The van der Waals surface area contributed by atoms with Crippen LogP contribution in [0, 0.1) is 0 Å². The average molecular weight is 256 g/mol. The Bertz CT molecular complexity index is 419. The lowest BCUT2D eigenvalue weighted by Crippen LogP contribution is -2.44. The molecule has 0 atom stereocenters. The van der Waals surface area contributed by atoms with Crippen molar-refractivity contribution in [2.45, 2.75) is 0 Å². The molecule has 1 aliphatic rings. The predicted molar refractivity (Wildman–Crippen MR) is 65.7 cm³/mol. The molecule has 0 bridgehead atoms. The fraction of sp³-hybridized carbons (Fsp3) is 0.455. The summed E-state index contributed by atoms with van der Waals surface area (Å²) < 4.78 is 4.62. The highest BCUT2D eigenvalue weighted by molar-refractivity contribution is 6.33. The molecule has 1 aromatic heterocycles. The van der Waals surface area contributed by atoms with E-state index in [0.717, 1.165) is 32.0 Å². The van der Waals surface area contributed by atoms with E-state index < -0.39 is 5.97 Å². The maximum absolute atomic E-state index is 11.3. The monoisotopic (exact) mass is 255 g/mol. The van der Waals surface area contributed by atoms with Gasteiger partial charge in [0, 0.05) is 32.4 Å². The minimum atomic E-state index is -0.425. The van der Waals surface area contributed by atoms with Crippen LogP contribution in [-0.4, -0.2) is 44.2 Å². The molecule has 92 valence electrons. The molecule has 0 amide bonds. The first kappa shape index (κ1) is 12.1. The molecule has 1 N–H and O–H groups in total. The molecule has 2 rings (SSSR count). The minimum Gasteiger partial charge on any atom is -0.465 e. The van der Waals surface area contributed by atoms with Gasteiger partial charge in [-0.15, -0.1) is 0 Å². The van der Waals surface area contributed by atoms with E-state index >= 15 is 0 Å². The summed E-state index contributed by atoms with van der Waals surface area (Å²) in [4.78, 5) is 17.6. The fourth-order valence-corrected chi connectivity index (χ4v) is 2.06. The zero-order valence-corrected chi connectivity index (χ0v) is 10.3. The smallest absolute Gasteiger partial charge is 0.339 e. The second-order valence-corrected chi connectivity index (χ2v) is 4.17. The molecule has 6 heteroatoms. The first-order valence-electron chi connectivity index (χ1n) is 5.42. The number of carbonyl (C=O) groups is 1. The van der Waals surface area contributed by atoms with Gasteiger partial charge in [0.2, 0.25) is 0 Å². The summed E-state index contributed by atoms with van der Waals surface area (Å²) in [7, 11) is 1.33. The van der Waals surface area contributed by atoms with Gasteiger partial charge in [-0.2, -0.15) is 0 Å². The van der Waals surface area contributed by atoms with E-state index in [1.165, 1.54) is 13.3 Å². The summed E-state index contributed by atoms with van der Waals surface area (Å²) in [5.74, 6) is 0.298. The number of rotatable bonds is 2. The highest BCUT2D eigenvalue weighted by atomic mass is 35.5. The molecule has 0 unspecified atom stereocenters. The van der Waals surface area contributed by atoms with Crippen molar-refractivity contribution in [3.05, 3.63) is 22.8 Å². The number of methoxy groups -OCH3 is 1. The maximum Gasteiger partial charge on any atom is 0.339 e. The largest absolute Gasteiger partial charge is 0.465 e. The number of hydrogen-bond acceptors (Lipinski definition) is 5. The molecular weight excluding hydrogens is 242 g/mol. The third-order valence-corrected chi connectivity index (χ3v) is 2.94. The van der Waals surface area contributed by atoms with Crippen LogP contribution < -0.4 is 10.2 Å². The van der Waals surface area contributed by atoms with Crippen LogP contribution in [0.2, 0.25) is 5.02 Å². The fourth-order valence-electron chi connectivity index (χ4n) is 1.77. The second-order valence-electron chi connectivity index (χ2n) is 3.76. The molecular formula is C11H14ClN3O2. The Hall–Kier alpha value is -1.33. The Morgan fingerprint density at radius 2 is 2.24 bits per heavy atom. The second kappa shape index (κ2) is 5.33. The van der Waals surface area contributed by atoms with Crippen molar-refractivity contribution in [1.82, 2.24) is 10.3 Å². The van der Waals surface area contributed by atoms with E-state index in [9.17, 15) is 4.79 Å². The Morgan fingerprint density at radius 1 is 1.53 bits per heavy atom. The molecule has 0 aliphatic carbocycles. The molecule has 1 saturated heterocycles. The van der Waals surface area contributed by atoms with Crippen molar-refractivity contribution >= 4 is 23.4 Å². The lowest BCUT2D eigenvalue weighted by atomic mass is 10.2. The van der Waals surface area contributed by atoms with Crippen LogP contribution in [0.4, 0.5) is 5.82 Å². The normalized spacial score (nSPS) is 15.8. The van der Waals surface area contributed by atoms with Gasteiger partial charge in [-0.1, -0.05) is 11.6 Å².